The number of nitriles is 1. The molecule has 2 heteroatoms. The molecule has 0 amide bonds. The minimum atomic E-state index is 0.749. The van der Waals surface area contributed by atoms with Crippen LogP contribution in [0.2, 0.25) is 0 Å². The summed E-state index contributed by atoms with van der Waals surface area (Å²) in [6.07, 6.45) is 0.996. The van der Waals surface area contributed by atoms with E-state index in [9.17, 15) is 0 Å². The van der Waals surface area contributed by atoms with E-state index in [0.29, 0.717) is 0 Å². The summed E-state index contributed by atoms with van der Waals surface area (Å²) in [5, 5.41) is 8.51. The molecule has 5 aromatic rings. The van der Waals surface area contributed by atoms with Crippen molar-refractivity contribution in [3.05, 3.63) is 150 Å². The zero-order valence-corrected chi connectivity index (χ0v) is 22.8. The first-order chi connectivity index (χ1) is 18.7. The van der Waals surface area contributed by atoms with Crippen molar-refractivity contribution in [2.75, 3.05) is 4.90 Å². The Morgan fingerprint density at radius 2 is 1.13 bits per heavy atom. The van der Waals surface area contributed by atoms with E-state index < -0.39 is 0 Å². The first-order valence-electron chi connectivity index (χ1n) is 13.2. The fraction of sp³-hybridized carbons (Fsp3) is 0.139. The Bertz CT molecular complexity index is 1420. The molecule has 0 N–H and O–H groups in total. The van der Waals surface area contributed by atoms with Crippen molar-refractivity contribution in [1.82, 2.24) is 0 Å². The van der Waals surface area contributed by atoms with Crippen LogP contribution in [0.3, 0.4) is 0 Å². The number of anilines is 3. The lowest BCUT2D eigenvalue weighted by atomic mass is 10.0. The molecule has 0 unspecified atom stereocenters. The Labute approximate surface area is 228 Å². The van der Waals surface area contributed by atoms with Gasteiger partial charge >= 0.3 is 0 Å². The highest BCUT2D eigenvalue weighted by molar-refractivity contribution is 5.79. The van der Waals surface area contributed by atoms with Crippen LogP contribution in [-0.4, -0.2) is 0 Å². The molecule has 0 aromatic heterocycles. The largest absolute Gasteiger partial charge is 0.310 e. The summed E-state index contributed by atoms with van der Waals surface area (Å²) in [6.45, 7) is 8.20. The average Bonchev–Trinajstić information content (AvgIpc) is 3.01. The normalized spacial score (nSPS) is 9.66. The van der Waals surface area contributed by atoms with Gasteiger partial charge in [0.1, 0.15) is 0 Å². The Hall–Kier alpha value is -4.61. The molecule has 2 nitrogen and oxygen atoms in total. The van der Waals surface area contributed by atoms with Gasteiger partial charge in [0.25, 0.3) is 0 Å². The molecule has 5 aromatic carbocycles. The molecule has 0 aliphatic rings. The van der Waals surface area contributed by atoms with Gasteiger partial charge in [0.05, 0.1) is 11.6 Å². The molecule has 0 radical (unpaired) electrons. The predicted octanol–water partition coefficient (Wildman–Crippen LogP) is 10.3. The second kappa shape index (κ2) is 14.8. The van der Waals surface area contributed by atoms with E-state index in [1.807, 2.05) is 38.1 Å². The van der Waals surface area contributed by atoms with E-state index >= 15 is 0 Å². The fourth-order valence-corrected chi connectivity index (χ4v) is 4.03. The number of rotatable bonds is 5. The minimum absolute atomic E-state index is 0.749. The Kier molecular flexibility index (Phi) is 10.9. The molecule has 38 heavy (non-hydrogen) atoms. The number of benzene rings is 5. The quantitative estimate of drug-likeness (QED) is 0.242. The van der Waals surface area contributed by atoms with Crippen molar-refractivity contribution in [1.29, 1.82) is 5.26 Å². The molecule has 0 spiro atoms. The highest BCUT2D eigenvalue weighted by Crippen LogP contribution is 2.36. The molecule has 0 aliphatic carbocycles. The van der Waals surface area contributed by atoms with Crippen LogP contribution in [0.4, 0.5) is 17.1 Å². The van der Waals surface area contributed by atoms with E-state index in [2.05, 4.69) is 134 Å². The molecule has 0 aliphatic heterocycles. The summed E-state index contributed by atoms with van der Waals surface area (Å²) in [5.74, 6) is 0. The van der Waals surface area contributed by atoms with Gasteiger partial charge < -0.3 is 4.90 Å². The number of nitrogens with zero attached hydrogens (tertiary/aromatic N) is 2. The van der Waals surface area contributed by atoms with Gasteiger partial charge in [-0.3, -0.25) is 0 Å². The van der Waals surface area contributed by atoms with Crippen molar-refractivity contribution >= 4 is 17.1 Å². The third kappa shape index (κ3) is 7.69. The summed E-state index contributed by atoms with van der Waals surface area (Å²) < 4.78 is 0. The maximum atomic E-state index is 8.51. The molecule has 0 bridgehead atoms. The second-order valence-electron chi connectivity index (χ2n) is 8.59. The van der Waals surface area contributed by atoms with Gasteiger partial charge in [-0.2, -0.15) is 5.26 Å². The van der Waals surface area contributed by atoms with E-state index in [4.69, 9.17) is 5.26 Å². The van der Waals surface area contributed by atoms with Crippen molar-refractivity contribution in [3.8, 4) is 17.2 Å². The predicted molar refractivity (Wildman–Crippen MR) is 163 cm³/mol. The van der Waals surface area contributed by atoms with E-state index in [1.54, 1.807) is 0 Å². The SMILES string of the molecule is CC.CCc1cccc(C#N)c1.Cc1ccc(N(c2ccccc2)c2cccc(-c3ccccc3)c2)cc1. The van der Waals surface area contributed by atoms with E-state index in [1.165, 1.54) is 22.3 Å². The lowest BCUT2D eigenvalue weighted by Gasteiger charge is -2.26. The lowest BCUT2D eigenvalue weighted by molar-refractivity contribution is 1.14. The fourth-order valence-electron chi connectivity index (χ4n) is 4.03. The molecule has 0 saturated heterocycles. The Balaban J connectivity index is 0.000000280. The third-order valence-corrected chi connectivity index (χ3v) is 5.98. The molecule has 0 heterocycles. The van der Waals surface area contributed by atoms with Crippen molar-refractivity contribution in [2.24, 2.45) is 0 Å². The molecule has 5 rings (SSSR count). The lowest BCUT2D eigenvalue weighted by Crippen LogP contribution is -2.09. The summed E-state index contributed by atoms with van der Waals surface area (Å²) >= 11 is 0. The maximum Gasteiger partial charge on any atom is 0.0991 e. The third-order valence-electron chi connectivity index (χ3n) is 5.98. The zero-order chi connectivity index (χ0) is 27.2. The molecule has 0 saturated carbocycles. The van der Waals surface area contributed by atoms with Crippen LogP contribution >= 0.6 is 0 Å². The van der Waals surface area contributed by atoms with Gasteiger partial charge in [-0.05, 0) is 78.6 Å². The number of hydrogen-bond donors (Lipinski definition) is 0. The minimum Gasteiger partial charge on any atom is -0.310 e. The van der Waals surface area contributed by atoms with E-state index in [0.717, 1.165) is 29.0 Å². The Morgan fingerprint density at radius 1 is 0.579 bits per heavy atom. The first-order valence-corrected chi connectivity index (χ1v) is 13.2. The van der Waals surface area contributed by atoms with Crippen LogP contribution < -0.4 is 4.90 Å². The van der Waals surface area contributed by atoms with Crippen molar-refractivity contribution in [3.63, 3.8) is 0 Å². The van der Waals surface area contributed by atoms with Crippen LogP contribution in [-0.2, 0) is 6.42 Å². The summed E-state index contributed by atoms with van der Waals surface area (Å²) in [6, 6.07) is 48.2. The molecule has 0 atom stereocenters. The second-order valence-corrected chi connectivity index (χ2v) is 8.59. The van der Waals surface area contributed by atoms with Gasteiger partial charge in [-0.25, -0.2) is 0 Å². The molecule has 0 fully saturated rings. The maximum absolute atomic E-state index is 8.51. The van der Waals surface area contributed by atoms with Gasteiger partial charge in [0.2, 0.25) is 0 Å². The van der Waals surface area contributed by atoms with Gasteiger partial charge in [-0.15, -0.1) is 0 Å². The standard InChI is InChI=1S/C25H21N.C9H9N.C2H6/c1-20-15-17-24(18-16-20)26(23-12-6-3-7-13-23)25-14-8-11-22(19-25)21-9-4-2-5-10-21;1-2-8-4-3-5-9(6-8)7-10;1-2/h2-19H,1H3;3-6H,2H2,1H3;1-2H3. The van der Waals surface area contributed by atoms with E-state index in [-0.39, 0.29) is 0 Å². The highest BCUT2D eigenvalue weighted by atomic mass is 15.1. The van der Waals surface area contributed by atoms with Crippen molar-refractivity contribution in [2.45, 2.75) is 34.1 Å². The Morgan fingerprint density at radius 3 is 1.76 bits per heavy atom. The topological polar surface area (TPSA) is 27.0 Å². The number of aryl methyl sites for hydroxylation is 2. The van der Waals surface area contributed by atoms with Gasteiger partial charge in [0.15, 0.2) is 0 Å². The molecular weight excluding hydrogens is 460 g/mol. The van der Waals surface area contributed by atoms with Crippen LogP contribution in [0.15, 0.2) is 133 Å². The summed E-state index contributed by atoms with van der Waals surface area (Å²) in [4.78, 5) is 2.30. The van der Waals surface area contributed by atoms with Crippen LogP contribution in [0, 0.1) is 18.3 Å². The smallest absolute Gasteiger partial charge is 0.0991 e. The van der Waals surface area contributed by atoms with Gasteiger partial charge in [-0.1, -0.05) is 111 Å². The zero-order valence-electron chi connectivity index (χ0n) is 22.8. The number of hydrogen-bond acceptors (Lipinski definition) is 2. The van der Waals surface area contributed by atoms with Crippen LogP contribution in [0.25, 0.3) is 11.1 Å². The molecule has 190 valence electrons. The highest BCUT2D eigenvalue weighted by Gasteiger charge is 2.12. The number of para-hydroxylation sites is 1. The van der Waals surface area contributed by atoms with Crippen LogP contribution in [0.1, 0.15) is 37.5 Å². The molecular formula is C36H36N2. The first kappa shape index (κ1) is 28.0. The summed E-state index contributed by atoms with van der Waals surface area (Å²) in [7, 11) is 0. The summed E-state index contributed by atoms with van der Waals surface area (Å²) in [5.41, 5.74) is 9.15. The van der Waals surface area contributed by atoms with Gasteiger partial charge in [0, 0.05) is 17.1 Å². The monoisotopic (exact) mass is 496 g/mol. The van der Waals surface area contributed by atoms with Crippen molar-refractivity contribution < 1.29 is 0 Å². The van der Waals surface area contributed by atoms with Crippen LogP contribution in [0.5, 0.6) is 0 Å². The average molecular weight is 497 g/mol.